The lowest BCUT2D eigenvalue weighted by Gasteiger charge is -2.33. The number of para-hydroxylation sites is 3. The van der Waals surface area contributed by atoms with Gasteiger partial charge in [0.25, 0.3) is 5.88 Å². The minimum atomic E-state index is -0.105. The molecule has 30 heavy (non-hydrogen) atoms. The first kappa shape index (κ1) is 20.1. The molecule has 1 aliphatic rings. The van der Waals surface area contributed by atoms with Crippen LogP contribution in [0.1, 0.15) is 32.3 Å². The third kappa shape index (κ3) is 4.22. The van der Waals surface area contributed by atoms with Gasteiger partial charge < -0.3 is 15.0 Å². The smallest absolute Gasteiger partial charge is 0.258 e. The van der Waals surface area contributed by atoms with E-state index in [2.05, 4.69) is 28.2 Å². The van der Waals surface area contributed by atoms with E-state index in [0.29, 0.717) is 19.0 Å². The number of hydrogen-bond acceptors (Lipinski definition) is 5. The van der Waals surface area contributed by atoms with Crippen molar-refractivity contribution in [3.63, 3.8) is 0 Å². The first-order valence-corrected chi connectivity index (χ1v) is 10.7. The lowest BCUT2D eigenvalue weighted by atomic mass is 9.96. The summed E-state index contributed by atoms with van der Waals surface area (Å²) in [6.45, 7) is 6.00. The number of benzene rings is 2. The maximum atomic E-state index is 13.0. The van der Waals surface area contributed by atoms with Crippen LogP contribution in [0.2, 0.25) is 0 Å². The number of anilines is 2. The van der Waals surface area contributed by atoms with Crippen molar-refractivity contribution in [3.8, 4) is 5.88 Å². The highest BCUT2D eigenvalue weighted by atomic mass is 16.5. The lowest BCUT2D eigenvalue weighted by Crippen LogP contribution is -2.41. The summed E-state index contributed by atoms with van der Waals surface area (Å²) in [6, 6.07) is 15.8. The molecule has 1 atom stereocenters. The number of carbonyl (C=O) groups is 1. The molecule has 6 nitrogen and oxygen atoms in total. The highest BCUT2D eigenvalue weighted by Crippen LogP contribution is 2.31. The van der Waals surface area contributed by atoms with E-state index in [-0.39, 0.29) is 11.8 Å². The molecule has 1 aliphatic heterocycles. The molecule has 1 aromatic heterocycles. The zero-order valence-corrected chi connectivity index (χ0v) is 17.6. The van der Waals surface area contributed by atoms with Gasteiger partial charge in [0.05, 0.1) is 23.6 Å². The Labute approximate surface area is 177 Å². The first-order chi connectivity index (χ1) is 14.7. The van der Waals surface area contributed by atoms with Gasteiger partial charge in [-0.2, -0.15) is 0 Å². The van der Waals surface area contributed by atoms with E-state index in [9.17, 15) is 4.79 Å². The number of hydrogen-bond donors (Lipinski definition) is 1. The third-order valence-electron chi connectivity index (χ3n) is 5.55. The van der Waals surface area contributed by atoms with Gasteiger partial charge in [-0.25, -0.2) is 9.97 Å². The van der Waals surface area contributed by atoms with Crippen molar-refractivity contribution in [3.05, 3.63) is 54.1 Å². The highest BCUT2D eigenvalue weighted by molar-refractivity contribution is 5.93. The van der Waals surface area contributed by atoms with E-state index in [1.54, 1.807) is 0 Å². The molecular weight excluding hydrogens is 376 g/mol. The standard InChI is InChI=1S/C24H28N4O2/c1-3-17-10-5-6-12-19(17)26-23(29)18-11-9-15-28(16-18)22-24(30-4-2)27-21-14-8-7-13-20(21)25-22/h5-8,10,12-14,18H,3-4,9,11,15-16H2,1-2H3,(H,26,29). The van der Waals surface area contributed by atoms with Crippen LogP contribution < -0.4 is 15.0 Å². The molecule has 1 unspecified atom stereocenters. The highest BCUT2D eigenvalue weighted by Gasteiger charge is 2.29. The van der Waals surface area contributed by atoms with Gasteiger partial charge in [0.2, 0.25) is 5.91 Å². The number of amides is 1. The maximum absolute atomic E-state index is 13.0. The Hall–Kier alpha value is -3.15. The van der Waals surface area contributed by atoms with Crippen LogP contribution in [0, 0.1) is 5.92 Å². The average Bonchev–Trinajstić information content (AvgIpc) is 2.79. The molecule has 2 heterocycles. The maximum Gasteiger partial charge on any atom is 0.258 e. The number of carbonyl (C=O) groups excluding carboxylic acids is 1. The molecule has 156 valence electrons. The molecule has 0 saturated carbocycles. The van der Waals surface area contributed by atoms with Crippen molar-refractivity contribution in [1.82, 2.24) is 9.97 Å². The summed E-state index contributed by atoms with van der Waals surface area (Å²) in [5.41, 5.74) is 3.70. The summed E-state index contributed by atoms with van der Waals surface area (Å²) in [5.74, 6) is 1.22. The molecule has 3 aromatic rings. The molecule has 4 rings (SSSR count). The van der Waals surface area contributed by atoms with Crippen molar-refractivity contribution < 1.29 is 9.53 Å². The molecule has 1 saturated heterocycles. The van der Waals surface area contributed by atoms with E-state index in [1.807, 2.05) is 49.4 Å². The summed E-state index contributed by atoms with van der Waals surface area (Å²) >= 11 is 0. The number of aryl methyl sites for hydroxylation is 1. The van der Waals surface area contributed by atoms with E-state index in [1.165, 1.54) is 0 Å². The zero-order chi connectivity index (χ0) is 20.9. The number of nitrogens with one attached hydrogen (secondary N) is 1. The Kier molecular flexibility index (Phi) is 6.12. The summed E-state index contributed by atoms with van der Waals surface area (Å²) in [5, 5.41) is 3.14. The van der Waals surface area contributed by atoms with Crippen molar-refractivity contribution in [2.75, 3.05) is 29.9 Å². The van der Waals surface area contributed by atoms with Crippen LogP contribution in [0.15, 0.2) is 48.5 Å². The summed E-state index contributed by atoms with van der Waals surface area (Å²) in [4.78, 5) is 24.7. The van der Waals surface area contributed by atoms with Gasteiger partial charge in [-0.1, -0.05) is 37.3 Å². The molecule has 1 fully saturated rings. The minimum absolute atomic E-state index is 0.0623. The predicted octanol–water partition coefficient (Wildman–Crippen LogP) is 4.45. The van der Waals surface area contributed by atoms with Crippen LogP contribution in [-0.2, 0) is 11.2 Å². The Bertz CT molecular complexity index is 1040. The molecule has 1 amide bonds. The minimum Gasteiger partial charge on any atom is -0.475 e. The molecule has 0 aliphatic carbocycles. The molecule has 2 aromatic carbocycles. The third-order valence-corrected chi connectivity index (χ3v) is 5.55. The van der Waals surface area contributed by atoms with Crippen LogP contribution in [0.5, 0.6) is 5.88 Å². The van der Waals surface area contributed by atoms with Gasteiger partial charge in [-0.15, -0.1) is 0 Å². The number of nitrogens with zero attached hydrogens (tertiary/aromatic N) is 3. The van der Waals surface area contributed by atoms with Crippen LogP contribution >= 0.6 is 0 Å². The van der Waals surface area contributed by atoms with Crippen molar-refractivity contribution in [2.45, 2.75) is 33.1 Å². The second-order valence-corrected chi connectivity index (χ2v) is 7.56. The molecule has 6 heteroatoms. The second-order valence-electron chi connectivity index (χ2n) is 7.56. The van der Waals surface area contributed by atoms with Gasteiger partial charge >= 0.3 is 0 Å². The predicted molar refractivity (Wildman–Crippen MR) is 120 cm³/mol. The SMILES string of the molecule is CCOc1nc2ccccc2nc1N1CCCC(C(=O)Nc2ccccc2CC)C1. The van der Waals surface area contributed by atoms with Crippen LogP contribution in [0.3, 0.4) is 0 Å². The average molecular weight is 405 g/mol. The number of piperidine rings is 1. The Morgan fingerprint density at radius 1 is 1.10 bits per heavy atom. The topological polar surface area (TPSA) is 67.4 Å². The lowest BCUT2D eigenvalue weighted by molar-refractivity contribution is -0.120. The van der Waals surface area contributed by atoms with Gasteiger partial charge in [-0.3, -0.25) is 4.79 Å². The number of aromatic nitrogens is 2. The van der Waals surface area contributed by atoms with Crippen molar-refractivity contribution in [2.24, 2.45) is 5.92 Å². The Morgan fingerprint density at radius 2 is 1.83 bits per heavy atom. The summed E-state index contributed by atoms with van der Waals surface area (Å²) in [7, 11) is 0. The number of fused-ring (bicyclic) bond motifs is 1. The van der Waals surface area contributed by atoms with Gasteiger partial charge in [0.15, 0.2) is 5.82 Å². The number of ether oxygens (including phenoxy) is 1. The van der Waals surface area contributed by atoms with Crippen LogP contribution in [0.25, 0.3) is 11.0 Å². The van der Waals surface area contributed by atoms with Gasteiger partial charge in [-0.05, 0) is 49.9 Å². The van der Waals surface area contributed by atoms with Crippen molar-refractivity contribution >= 4 is 28.4 Å². The molecule has 1 N–H and O–H groups in total. The van der Waals surface area contributed by atoms with E-state index in [0.717, 1.165) is 53.9 Å². The van der Waals surface area contributed by atoms with E-state index >= 15 is 0 Å². The van der Waals surface area contributed by atoms with Crippen LogP contribution in [-0.4, -0.2) is 35.6 Å². The van der Waals surface area contributed by atoms with Crippen LogP contribution in [0.4, 0.5) is 11.5 Å². The quantitative estimate of drug-likeness (QED) is 0.658. The fraction of sp³-hybridized carbons (Fsp3) is 0.375. The number of rotatable bonds is 6. The summed E-state index contributed by atoms with van der Waals surface area (Å²) in [6.07, 6.45) is 2.67. The van der Waals surface area contributed by atoms with E-state index in [4.69, 9.17) is 9.72 Å². The largest absolute Gasteiger partial charge is 0.475 e. The molecule has 0 radical (unpaired) electrons. The molecular formula is C24H28N4O2. The van der Waals surface area contributed by atoms with Crippen molar-refractivity contribution in [1.29, 1.82) is 0 Å². The van der Waals surface area contributed by atoms with E-state index < -0.39 is 0 Å². The van der Waals surface area contributed by atoms with Gasteiger partial charge in [0, 0.05) is 18.8 Å². The monoisotopic (exact) mass is 404 g/mol. The van der Waals surface area contributed by atoms with Gasteiger partial charge in [0.1, 0.15) is 0 Å². The second kappa shape index (κ2) is 9.11. The first-order valence-electron chi connectivity index (χ1n) is 10.7. The Morgan fingerprint density at radius 3 is 2.60 bits per heavy atom. The molecule has 0 spiro atoms. The Balaban J connectivity index is 1.56. The molecule has 0 bridgehead atoms. The summed E-state index contributed by atoms with van der Waals surface area (Å²) < 4.78 is 5.80. The zero-order valence-electron chi connectivity index (χ0n) is 17.6. The fourth-order valence-electron chi connectivity index (χ4n) is 3.98. The normalized spacial score (nSPS) is 16.5. The fourth-order valence-corrected chi connectivity index (χ4v) is 3.98.